The monoisotopic (exact) mass is 549 g/mol. The van der Waals surface area contributed by atoms with Gasteiger partial charge in [0.15, 0.2) is 0 Å². The Bertz CT molecular complexity index is 972. The molecular weight excluding hydrogens is 502 g/mol. The number of esters is 1. The van der Waals surface area contributed by atoms with Crippen LogP contribution in [0, 0.1) is 12.8 Å². The highest BCUT2D eigenvalue weighted by Gasteiger charge is 2.37. The van der Waals surface area contributed by atoms with Crippen LogP contribution in [0.5, 0.6) is 5.75 Å². The van der Waals surface area contributed by atoms with Crippen molar-refractivity contribution in [2.75, 3.05) is 20.2 Å². The van der Waals surface area contributed by atoms with E-state index in [4.69, 9.17) is 4.74 Å². The number of rotatable bonds is 14. The lowest BCUT2D eigenvalue weighted by molar-refractivity contribution is -0.145. The van der Waals surface area contributed by atoms with Crippen LogP contribution in [-0.4, -0.2) is 65.7 Å². The van der Waals surface area contributed by atoms with Crippen molar-refractivity contribution in [2.45, 2.75) is 98.3 Å². The zero-order valence-electron chi connectivity index (χ0n) is 24.8. The third-order valence-corrected chi connectivity index (χ3v) is 6.12. The number of ether oxygens (including phenoxy) is 2. The third kappa shape index (κ3) is 11.5. The van der Waals surface area contributed by atoms with E-state index in [-0.39, 0.29) is 24.8 Å². The van der Waals surface area contributed by atoms with Gasteiger partial charge in [-0.05, 0) is 63.3 Å². The molecule has 3 amide bonds. The molecular formula is C29H47N3O7. The molecule has 220 valence electrons. The van der Waals surface area contributed by atoms with Crippen molar-refractivity contribution in [1.82, 2.24) is 15.5 Å². The normalized spacial score (nSPS) is 12.8. The van der Waals surface area contributed by atoms with Gasteiger partial charge in [-0.25, -0.2) is 4.79 Å². The van der Waals surface area contributed by atoms with Crippen molar-refractivity contribution < 1.29 is 33.8 Å². The molecule has 0 saturated carbocycles. The summed E-state index contributed by atoms with van der Waals surface area (Å²) in [5.74, 6) is -1.92. The Morgan fingerprint density at radius 3 is 2.23 bits per heavy atom. The van der Waals surface area contributed by atoms with Gasteiger partial charge in [0.1, 0.15) is 30.0 Å². The Kier molecular flexibility index (Phi) is 13.8. The first-order chi connectivity index (χ1) is 18.2. The van der Waals surface area contributed by atoms with E-state index in [0.717, 1.165) is 25.7 Å². The van der Waals surface area contributed by atoms with Crippen LogP contribution >= 0.6 is 0 Å². The molecule has 2 atom stereocenters. The van der Waals surface area contributed by atoms with Gasteiger partial charge in [0.2, 0.25) is 11.8 Å². The quantitative estimate of drug-likeness (QED) is 0.232. The number of phenols is 1. The van der Waals surface area contributed by atoms with E-state index in [1.807, 2.05) is 0 Å². The molecule has 0 aromatic heterocycles. The Labute approximate surface area is 232 Å². The van der Waals surface area contributed by atoms with E-state index < -0.39 is 41.6 Å². The van der Waals surface area contributed by atoms with Crippen LogP contribution in [0.4, 0.5) is 4.79 Å². The zero-order chi connectivity index (χ0) is 29.8. The molecule has 0 radical (unpaired) electrons. The summed E-state index contributed by atoms with van der Waals surface area (Å²) in [6.07, 6.45) is 3.87. The number of hydrogen-bond acceptors (Lipinski definition) is 7. The molecule has 2 unspecified atom stereocenters. The minimum absolute atomic E-state index is 0.0524. The number of nitrogens with one attached hydrogen (secondary N) is 2. The third-order valence-electron chi connectivity index (χ3n) is 6.12. The summed E-state index contributed by atoms with van der Waals surface area (Å²) in [7, 11) is 1.22. The maximum absolute atomic E-state index is 14.1. The van der Waals surface area contributed by atoms with E-state index in [2.05, 4.69) is 22.3 Å². The van der Waals surface area contributed by atoms with Gasteiger partial charge in [0.25, 0.3) is 0 Å². The lowest BCUT2D eigenvalue weighted by Gasteiger charge is -2.35. The van der Waals surface area contributed by atoms with Crippen LogP contribution in [0.15, 0.2) is 18.2 Å². The highest BCUT2D eigenvalue weighted by atomic mass is 16.6. The van der Waals surface area contributed by atoms with Gasteiger partial charge in [-0.3, -0.25) is 14.4 Å². The lowest BCUT2D eigenvalue weighted by Crippen LogP contribution is -2.55. The Hall–Kier alpha value is -3.30. The van der Waals surface area contributed by atoms with Crippen molar-refractivity contribution >= 4 is 23.9 Å². The van der Waals surface area contributed by atoms with Gasteiger partial charge < -0.3 is 30.1 Å². The SMILES string of the molecule is CCCCCCCN(C(=O)C(NC(=O)OC(C)(C)C)C(C)C)C(C(=O)NCC(=O)OC)c1ccc(O)c(C)c1. The molecule has 10 nitrogen and oxygen atoms in total. The summed E-state index contributed by atoms with van der Waals surface area (Å²) < 4.78 is 10.0. The fourth-order valence-corrected chi connectivity index (χ4v) is 4.03. The van der Waals surface area contributed by atoms with E-state index in [1.165, 1.54) is 18.1 Å². The Morgan fingerprint density at radius 1 is 1.05 bits per heavy atom. The molecule has 1 aromatic rings. The molecule has 0 aliphatic rings. The first-order valence-corrected chi connectivity index (χ1v) is 13.7. The number of carbonyl (C=O) groups is 4. The smallest absolute Gasteiger partial charge is 0.408 e. The fourth-order valence-electron chi connectivity index (χ4n) is 4.03. The van der Waals surface area contributed by atoms with Crippen molar-refractivity contribution in [2.24, 2.45) is 5.92 Å². The predicted octanol–water partition coefficient (Wildman–Crippen LogP) is 4.38. The second-order valence-corrected chi connectivity index (χ2v) is 11.1. The maximum Gasteiger partial charge on any atom is 0.408 e. The number of benzene rings is 1. The highest BCUT2D eigenvalue weighted by molar-refractivity contribution is 5.93. The van der Waals surface area contributed by atoms with Crippen LogP contribution in [0.1, 0.15) is 90.8 Å². The molecule has 0 saturated heterocycles. The molecule has 0 bridgehead atoms. The first-order valence-electron chi connectivity index (χ1n) is 13.7. The van der Waals surface area contributed by atoms with Crippen LogP contribution in [0.25, 0.3) is 0 Å². The van der Waals surface area contributed by atoms with Crippen molar-refractivity contribution in [3.63, 3.8) is 0 Å². The summed E-state index contributed by atoms with van der Waals surface area (Å²) in [6.45, 7) is 12.5. The number of methoxy groups -OCH3 is 1. The summed E-state index contributed by atoms with van der Waals surface area (Å²) in [5.41, 5.74) is 0.239. The van der Waals surface area contributed by atoms with E-state index in [0.29, 0.717) is 17.5 Å². The zero-order valence-corrected chi connectivity index (χ0v) is 24.8. The highest BCUT2D eigenvalue weighted by Crippen LogP contribution is 2.28. The molecule has 3 N–H and O–H groups in total. The molecule has 1 aromatic carbocycles. The number of carbonyl (C=O) groups excluding carboxylic acids is 4. The van der Waals surface area contributed by atoms with E-state index in [1.54, 1.807) is 53.7 Å². The number of hydrogen-bond donors (Lipinski definition) is 3. The molecule has 0 spiro atoms. The number of unbranched alkanes of at least 4 members (excludes halogenated alkanes) is 4. The Morgan fingerprint density at radius 2 is 1.69 bits per heavy atom. The van der Waals surface area contributed by atoms with Crippen molar-refractivity contribution in [1.29, 1.82) is 0 Å². The Balaban J connectivity index is 3.50. The minimum atomic E-state index is -1.12. The molecule has 39 heavy (non-hydrogen) atoms. The standard InChI is InChI=1S/C29H47N3O7/c1-9-10-11-12-13-16-32(27(36)24(19(2)3)31-28(37)39-29(5,6)7)25(26(35)30-18-23(34)38-8)21-14-15-22(33)20(4)17-21/h14-15,17,19,24-25,33H,9-13,16,18H2,1-8H3,(H,30,35)(H,31,37). The summed E-state index contributed by atoms with van der Waals surface area (Å²) in [6, 6.07) is 2.60. The molecule has 0 aliphatic heterocycles. The van der Waals surface area contributed by atoms with Gasteiger partial charge in [-0.15, -0.1) is 0 Å². The van der Waals surface area contributed by atoms with Crippen molar-refractivity contribution in [3.05, 3.63) is 29.3 Å². The predicted molar refractivity (Wildman–Crippen MR) is 149 cm³/mol. The summed E-state index contributed by atoms with van der Waals surface area (Å²) >= 11 is 0. The fraction of sp³-hybridized carbons (Fsp3) is 0.655. The molecule has 0 fully saturated rings. The lowest BCUT2D eigenvalue weighted by atomic mass is 9.97. The molecule has 0 aliphatic carbocycles. The number of alkyl carbamates (subject to hydrolysis) is 1. The van der Waals surface area contributed by atoms with Crippen LogP contribution < -0.4 is 10.6 Å². The van der Waals surface area contributed by atoms with Crippen LogP contribution in [-0.2, 0) is 23.9 Å². The van der Waals surface area contributed by atoms with Crippen LogP contribution in [0.2, 0.25) is 0 Å². The van der Waals surface area contributed by atoms with E-state index >= 15 is 0 Å². The van der Waals surface area contributed by atoms with Gasteiger partial charge in [-0.2, -0.15) is 0 Å². The number of nitrogens with zero attached hydrogens (tertiary/aromatic N) is 1. The van der Waals surface area contributed by atoms with E-state index in [9.17, 15) is 24.3 Å². The summed E-state index contributed by atoms with van der Waals surface area (Å²) in [4.78, 5) is 53.5. The van der Waals surface area contributed by atoms with Gasteiger partial charge in [-0.1, -0.05) is 52.5 Å². The second-order valence-electron chi connectivity index (χ2n) is 11.1. The van der Waals surface area contributed by atoms with Gasteiger partial charge in [0.05, 0.1) is 7.11 Å². The largest absolute Gasteiger partial charge is 0.508 e. The minimum Gasteiger partial charge on any atom is -0.508 e. The number of aromatic hydroxyl groups is 1. The topological polar surface area (TPSA) is 134 Å². The van der Waals surface area contributed by atoms with Crippen LogP contribution in [0.3, 0.4) is 0 Å². The number of phenolic OH excluding ortho intramolecular Hbond substituents is 1. The average molecular weight is 550 g/mol. The van der Waals surface area contributed by atoms with Crippen molar-refractivity contribution in [3.8, 4) is 5.75 Å². The first kappa shape index (κ1) is 33.7. The summed E-state index contributed by atoms with van der Waals surface area (Å²) in [5, 5.41) is 15.4. The van der Waals surface area contributed by atoms with Gasteiger partial charge >= 0.3 is 12.1 Å². The van der Waals surface area contributed by atoms with Gasteiger partial charge in [0, 0.05) is 6.54 Å². The molecule has 10 heteroatoms. The maximum atomic E-state index is 14.1. The number of amides is 3. The average Bonchev–Trinajstić information content (AvgIpc) is 2.85. The molecule has 1 rings (SSSR count). The second kappa shape index (κ2) is 16.0. The molecule has 0 heterocycles. The number of aryl methyl sites for hydroxylation is 1.